The molecule has 1 aliphatic rings. The number of fused-ring (bicyclic) bond motifs is 1. The summed E-state index contributed by atoms with van der Waals surface area (Å²) in [4.78, 5) is 19.1. The highest BCUT2D eigenvalue weighted by Crippen LogP contribution is 2.28. The molecular weight excluding hydrogens is 316 g/mol. The molecule has 1 fully saturated rings. The zero-order valence-electron chi connectivity index (χ0n) is 16.0. The van der Waals surface area contributed by atoms with Crippen molar-refractivity contribution in [2.24, 2.45) is 7.05 Å². The maximum atomic E-state index is 12.6. The monoisotopic (exact) mass is 344 g/mol. The van der Waals surface area contributed by atoms with E-state index in [1.807, 2.05) is 44.2 Å². The summed E-state index contributed by atoms with van der Waals surface area (Å²) in [6.45, 7) is 11.7. The lowest BCUT2D eigenvalue weighted by Crippen LogP contribution is -2.60. The van der Waals surface area contributed by atoms with E-state index in [1.54, 1.807) is 0 Å². The van der Waals surface area contributed by atoms with Crippen LogP contribution in [0.4, 0.5) is 4.79 Å². The number of carbonyl (C=O) groups is 1. The minimum absolute atomic E-state index is 0.0762. The van der Waals surface area contributed by atoms with Crippen LogP contribution in [0.1, 0.15) is 39.1 Å². The molecule has 0 radical (unpaired) electrons. The molecule has 0 aliphatic carbocycles. The number of aromatic nitrogens is 2. The fraction of sp³-hybridized carbons (Fsp3) is 0.579. The number of nitrogens with zero attached hydrogens (tertiary/aromatic N) is 3. The number of imidazole rings is 1. The van der Waals surface area contributed by atoms with Gasteiger partial charge in [-0.15, -0.1) is 0 Å². The Labute approximate surface area is 149 Å². The molecule has 0 spiro atoms. The minimum Gasteiger partial charge on any atom is -0.366 e. The minimum atomic E-state index is -0.353. The molecule has 0 atom stereocenters. The van der Waals surface area contributed by atoms with E-state index in [1.165, 1.54) is 5.56 Å². The van der Waals surface area contributed by atoms with Crippen LogP contribution in [-0.2, 0) is 18.3 Å². The first-order valence-electron chi connectivity index (χ1n) is 8.71. The summed E-state index contributed by atoms with van der Waals surface area (Å²) < 4.78 is 8.07. The molecule has 3 rings (SSSR count). The molecule has 6 nitrogen and oxygen atoms in total. The zero-order chi connectivity index (χ0) is 18.4. The smallest absolute Gasteiger partial charge is 0.317 e. The number of hydrogen-bond donors (Lipinski definition) is 1. The molecule has 6 heteroatoms. The summed E-state index contributed by atoms with van der Waals surface area (Å²) in [5.41, 5.74) is 2.51. The van der Waals surface area contributed by atoms with E-state index in [4.69, 9.17) is 4.74 Å². The van der Waals surface area contributed by atoms with Crippen LogP contribution in [0.25, 0.3) is 11.0 Å². The van der Waals surface area contributed by atoms with E-state index >= 15 is 0 Å². The number of morpholine rings is 1. The summed E-state index contributed by atoms with van der Waals surface area (Å²) in [5, 5.41) is 3.01. The number of urea groups is 1. The average Bonchev–Trinajstić information content (AvgIpc) is 2.77. The molecule has 1 saturated heterocycles. The Morgan fingerprint density at radius 2 is 1.88 bits per heavy atom. The van der Waals surface area contributed by atoms with Crippen molar-refractivity contribution in [2.75, 3.05) is 13.1 Å². The summed E-state index contributed by atoms with van der Waals surface area (Å²) in [6.07, 6.45) is 0. The van der Waals surface area contributed by atoms with Gasteiger partial charge in [0.1, 0.15) is 5.82 Å². The number of benzene rings is 1. The molecule has 0 bridgehead atoms. The Bertz CT molecular complexity index is 791. The number of carbonyl (C=O) groups excluding carboxylic acids is 1. The summed E-state index contributed by atoms with van der Waals surface area (Å²) in [5.74, 6) is 0.848. The third kappa shape index (κ3) is 3.79. The highest BCUT2D eigenvalue weighted by molar-refractivity contribution is 5.77. The van der Waals surface area contributed by atoms with E-state index in [-0.39, 0.29) is 17.2 Å². The number of hydrogen-bond acceptors (Lipinski definition) is 3. The molecule has 1 aromatic heterocycles. The molecule has 2 heterocycles. The first-order chi connectivity index (χ1) is 11.6. The number of nitrogens with one attached hydrogen (secondary N) is 1. The normalized spacial score (nSPS) is 19.2. The van der Waals surface area contributed by atoms with Gasteiger partial charge in [-0.1, -0.05) is 6.07 Å². The molecule has 1 aromatic carbocycles. The Hall–Kier alpha value is -2.08. The van der Waals surface area contributed by atoms with Crippen molar-refractivity contribution in [3.63, 3.8) is 0 Å². The van der Waals surface area contributed by atoms with E-state index in [9.17, 15) is 4.79 Å². The molecule has 136 valence electrons. The molecule has 0 saturated carbocycles. The second-order valence-electron chi connectivity index (χ2n) is 8.22. The predicted molar refractivity (Wildman–Crippen MR) is 98.5 cm³/mol. The van der Waals surface area contributed by atoms with Crippen LogP contribution in [-0.4, -0.2) is 44.8 Å². The van der Waals surface area contributed by atoms with Crippen LogP contribution < -0.4 is 5.32 Å². The van der Waals surface area contributed by atoms with Crippen molar-refractivity contribution in [1.29, 1.82) is 0 Å². The van der Waals surface area contributed by atoms with Crippen molar-refractivity contribution < 1.29 is 9.53 Å². The second kappa shape index (κ2) is 6.02. The SMILES string of the molecule is Cc1ccc2c(c1)nc(CNC(=O)N1CC(C)(C)OC(C)(C)C1)n2C. The molecule has 1 N–H and O–H groups in total. The highest BCUT2D eigenvalue weighted by atomic mass is 16.5. The van der Waals surface area contributed by atoms with E-state index in [2.05, 4.69) is 35.4 Å². The lowest BCUT2D eigenvalue weighted by molar-refractivity contribution is -0.170. The molecule has 0 unspecified atom stereocenters. The van der Waals surface area contributed by atoms with Gasteiger partial charge in [-0.05, 0) is 52.3 Å². The summed E-state index contributed by atoms with van der Waals surface area (Å²) in [6, 6.07) is 6.13. The Morgan fingerprint density at radius 1 is 1.24 bits per heavy atom. The molecule has 25 heavy (non-hydrogen) atoms. The lowest BCUT2D eigenvalue weighted by Gasteiger charge is -2.46. The van der Waals surface area contributed by atoms with Gasteiger partial charge in [0.2, 0.25) is 0 Å². The lowest BCUT2D eigenvalue weighted by atomic mass is 9.99. The predicted octanol–water partition coefficient (Wildman–Crippen LogP) is 2.98. The maximum absolute atomic E-state index is 12.6. The van der Waals surface area contributed by atoms with Gasteiger partial charge in [-0.2, -0.15) is 0 Å². The van der Waals surface area contributed by atoms with Crippen molar-refractivity contribution >= 4 is 17.1 Å². The van der Waals surface area contributed by atoms with Gasteiger partial charge >= 0.3 is 6.03 Å². The number of ether oxygens (including phenoxy) is 1. The Kier molecular flexibility index (Phi) is 4.27. The van der Waals surface area contributed by atoms with Crippen LogP contribution in [0.3, 0.4) is 0 Å². The first kappa shape index (κ1) is 17.7. The maximum Gasteiger partial charge on any atom is 0.317 e. The van der Waals surface area contributed by atoms with Crippen LogP contribution >= 0.6 is 0 Å². The summed E-state index contributed by atoms with van der Waals surface area (Å²) >= 11 is 0. The van der Waals surface area contributed by atoms with Gasteiger partial charge in [-0.3, -0.25) is 0 Å². The van der Waals surface area contributed by atoms with E-state index < -0.39 is 0 Å². The van der Waals surface area contributed by atoms with Crippen molar-refractivity contribution in [2.45, 2.75) is 52.4 Å². The average molecular weight is 344 g/mol. The van der Waals surface area contributed by atoms with Gasteiger partial charge in [0.05, 0.1) is 41.9 Å². The Balaban J connectivity index is 1.71. The van der Waals surface area contributed by atoms with Crippen molar-refractivity contribution in [1.82, 2.24) is 19.8 Å². The molecular formula is C19H28N4O2. The van der Waals surface area contributed by atoms with Gasteiger partial charge in [0.15, 0.2) is 0 Å². The van der Waals surface area contributed by atoms with E-state index in [0.29, 0.717) is 19.6 Å². The van der Waals surface area contributed by atoms with Crippen LogP contribution in [0.15, 0.2) is 18.2 Å². The van der Waals surface area contributed by atoms with Gasteiger partial charge < -0.3 is 19.5 Å². The quantitative estimate of drug-likeness (QED) is 0.911. The van der Waals surface area contributed by atoms with Gasteiger partial charge in [0, 0.05) is 7.05 Å². The number of amides is 2. The first-order valence-corrected chi connectivity index (χ1v) is 8.71. The third-order valence-corrected chi connectivity index (χ3v) is 4.51. The molecule has 2 amide bonds. The fourth-order valence-corrected chi connectivity index (χ4v) is 3.72. The zero-order valence-corrected chi connectivity index (χ0v) is 16.0. The largest absolute Gasteiger partial charge is 0.366 e. The molecule has 1 aliphatic heterocycles. The van der Waals surface area contributed by atoms with Gasteiger partial charge in [-0.25, -0.2) is 9.78 Å². The van der Waals surface area contributed by atoms with Crippen LogP contribution in [0, 0.1) is 6.92 Å². The van der Waals surface area contributed by atoms with Gasteiger partial charge in [0.25, 0.3) is 0 Å². The van der Waals surface area contributed by atoms with E-state index in [0.717, 1.165) is 16.9 Å². The van der Waals surface area contributed by atoms with Crippen LogP contribution in [0.5, 0.6) is 0 Å². The highest BCUT2D eigenvalue weighted by Gasteiger charge is 2.39. The third-order valence-electron chi connectivity index (χ3n) is 4.51. The second-order valence-corrected chi connectivity index (χ2v) is 8.22. The van der Waals surface area contributed by atoms with Crippen molar-refractivity contribution in [3.8, 4) is 0 Å². The fourth-order valence-electron chi connectivity index (χ4n) is 3.72. The standard InChI is InChI=1S/C19H28N4O2/c1-13-7-8-15-14(9-13)21-16(22(15)6)10-20-17(24)23-11-18(2,3)25-19(4,5)12-23/h7-9H,10-12H2,1-6H3,(H,20,24). The van der Waals surface area contributed by atoms with Crippen molar-refractivity contribution in [3.05, 3.63) is 29.6 Å². The number of rotatable bonds is 2. The molecule has 2 aromatic rings. The topological polar surface area (TPSA) is 59.4 Å². The number of aryl methyl sites for hydroxylation is 2. The van der Waals surface area contributed by atoms with Crippen LogP contribution in [0.2, 0.25) is 0 Å². The summed E-state index contributed by atoms with van der Waals surface area (Å²) in [7, 11) is 1.98. The Morgan fingerprint density at radius 3 is 2.52 bits per heavy atom.